The van der Waals surface area contributed by atoms with Gasteiger partial charge in [-0.25, -0.2) is 9.59 Å². The van der Waals surface area contributed by atoms with Gasteiger partial charge in [-0.3, -0.25) is 9.79 Å². The molecule has 2 heterocycles. The van der Waals surface area contributed by atoms with Gasteiger partial charge in [0, 0.05) is 17.2 Å². The van der Waals surface area contributed by atoms with Crippen molar-refractivity contribution in [1.82, 2.24) is 4.98 Å². The van der Waals surface area contributed by atoms with E-state index in [-0.39, 0.29) is 47.4 Å². The monoisotopic (exact) mass is 520 g/mol. The Kier molecular flexibility index (Phi) is 7.90. The molecule has 0 unspecified atom stereocenters. The van der Waals surface area contributed by atoms with Crippen molar-refractivity contribution in [3.8, 4) is 0 Å². The summed E-state index contributed by atoms with van der Waals surface area (Å²) in [5.74, 6) is -1.45. The summed E-state index contributed by atoms with van der Waals surface area (Å²) in [4.78, 5) is 46.3. The first kappa shape index (κ1) is 27.4. The highest BCUT2D eigenvalue weighted by molar-refractivity contribution is 6.39. The highest BCUT2D eigenvalue weighted by Gasteiger charge is 2.43. The predicted molar refractivity (Wildman–Crippen MR) is 145 cm³/mol. The standard InChI is InChI=1S/C30H36N2O6/c1-7-20-16(4)24(31-18(20)6)22-27(33)23(28(22)34)25-17(5)21(26(32-25)19-11-9-8-10-12-19)30(36)38-14-13-37-29(35)15(2)3/h19,31,33H,2,7-14H2,1,3-6H3/b25-23+. The van der Waals surface area contributed by atoms with Gasteiger partial charge in [-0.2, -0.15) is 0 Å². The first-order valence-electron chi connectivity index (χ1n) is 13.3. The fourth-order valence-corrected chi connectivity index (χ4v) is 5.63. The van der Waals surface area contributed by atoms with Gasteiger partial charge in [0.05, 0.1) is 33.8 Å². The molecule has 0 bridgehead atoms. The molecule has 0 radical (unpaired) electrons. The zero-order valence-electron chi connectivity index (χ0n) is 22.9. The first-order valence-corrected chi connectivity index (χ1v) is 13.3. The molecule has 38 heavy (non-hydrogen) atoms. The molecule has 1 fully saturated rings. The van der Waals surface area contributed by atoms with Gasteiger partial charge in [-0.15, -0.1) is 0 Å². The fraction of sp³-hybridized carbons (Fsp3) is 0.467. The Morgan fingerprint density at radius 3 is 2.32 bits per heavy atom. The Morgan fingerprint density at radius 2 is 1.74 bits per heavy atom. The first-order chi connectivity index (χ1) is 18.1. The molecule has 2 N–H and O–H groups in total. The van der Waals surface area contributed by atoms with Crippen molar-refractivity contribution in [1.29, 1.82) is 0 Å². The number of aliphatic imine (C=N–C) groups is 1. The van der Waals surface area contributed by atoms with Gasteiger partial charge in [0.1, 0.15) is 19.0 Å². The second kappa shape index (κ2) is 11.0. The molecule has 1 aliphatic heterocycles. The molecule has 0 saturated heterocycles. The number of esters is 2. The van der Waals surface area contributed by atoms with Crippen molar-refractivity contribution in [3.05, 3.63) is 62.8 Å². The third-order valence-corrected chi connectivity index (χ3v) is 7.67. The van der Waals surface area contributed by atoms with Crippen molar-refractivity contribution in [3.63, 3.8) is 0 Å². The number of aromatic nitrogens is 1. The molecular weight excluding hydrogens is 484 g/mol. The predicted octanol–water partition coefficient (Wildman–Crippen LogP) is 5.31. The number of allylic oxidation sites excluding steroid dienone is 3. The molecular formula is C30H36N2O6. The van der Waals surface area contributed by atoms with Crippen LogP contribution in [0, 0.1) is 19.8 Å². The van der Waals surface area contributed by atoms with E-state index in [2.05, 4.69) is 18.5 Å². The second-order valence-corrected chi connectivity index (χ2v) is 10.2. The van der Waals surface area contributed by atoms with Crippen LogP contribution < -0.4 is 0 Å². The lowest BCUT2D eigenvalue weighted by molar-refractivity contribution is -0.147. The minimum Gasteiger partial charge on any atom is -0.506 e. The molecule has 8 nitrogen and oxygen atoms in total. The number of nitrogens with zero attached hydrogens (tertiary/aromatic N) is 1. The normalized spacial score (nSPS) is 20.0. The lowest BCUT2D eigenvalue weighted by Gasteiger charge is -2.23. The summed E-state index contributed by atoms with van der Waals surface area (Å²) in [6.45, 7) is 12.6. The highest BCUT2D eigenvalue weighted by atomic mass is 16.6. The average Bonchev–Trinajstić information content (AvgIpc) is 3.37. The summed E-state index contributed by atoms with van der Waals surface area (Å²) in [5.41, 5.74) is 6.12. The minimum atomic E-state index is -0.576. The van der Waals surface area contributed by atoms with Crippen LogP contribution in [0.15, 0.2) is 45.3 Å². The summed E-state index contributed by atoms with van der Waals surface area (Å²) in [7, 11) is 0. The topological polar surface area (TPSA) is 118 Å². The number of aromatic amines is 1. The maximum absolute atomic E-state index is 13.4. The Hall–Kier alpha value is -3.68. The number of ketones is 1. The van der Waals surface area contributed by atoms with Crippen LogP contribution in [0.5, 0.6) is 0 Å². The number of hydrogen-bond donors (Lipinski definition) is 2. The number of H-pyrrole nitrogens is 1. The van der Waals surface area contributed by atoms with Crippen molar-refractivity contribution in [2.45, 2.75) is 73.1 Å². The number of hydrogen-bond acceptors (Lipinski definition) is 7. The lowest BCUT2D eigenvalue weighted by atomic mass is 9.81. The average molecular weight is 521 g/mol. The zero-order chi connectivity index (χ0) is 27.7. The van der Waals surface area contributed by atoms with Gasteiger partial charge in [-0.1, -0.05) is 32.8 Å². The van der Waals surface area contributed by atoms with E-state index < -0.39 is 11.9 Å². The van der Waals surface area contributed by atoms with Crippen LogP contribution in [0.1, 0.15) is 75.4 Å². The largest absolute Gasteiger partial charge is 0.506 e. The van der Waals surface area contributed by atoms with Gasteiger partial charge in [0.2, 0.25) is 5.78 Å². The molecule has 3 aliphatic rings. The van der Waals surface area contributed by atoms with Gasteiger partial charge < -0.3 is 19.6 Å². The number of aliphatic hydroxyl groups excluding tert-OH is 1. The van der Waals surface area contributed by atoms with E-state index in [9.17, 15) is 19.5 Å². The summed E-state index contributed by atoms with van der Waals surface area (Å²) >= 11 is 0. The van der Waals surface area contributed by atoms with Crippen LogP contribution in [-0.2, 0) is 30.3 Å². The number of aliphatic hydroxyl groups is 1. The maximum atomic E-state index is 13.4. The van der Waals surface area contributed by atoms with E-state index in [1.807, 2.05) is 13.8 Å². The molecule has 0 amide bonds. The molecule has 1 aromatic rings. The van der Waals surface area contributed by atoms with E-state index in [4.69, 9.17) is 14.5 Å². The van der Waals surface area contributed by atoms with Crippen molar-refractivity contribution >= 4 is 29.0 Å². The molecule has 0 atom stereocenters. The molecule has 0 aromatic carbocycles. The molecule has 1 saturated carbocycles. The third kappa shape index (κ3) is 4.79. The number of nitrogens with one attached hydrogen (secondary N) is 1. The van der Waals surface area contributed by atoms with Gasteiger partial charge in [0.25, 0.3) is 0 Å². The van der Waals surface area contributed by atoms with Crippen LogP contribution in [0.25, 0.3) is 5.57 Å². The summed E-state index contributed by atoms with van der Waals surface area (Å²) in [6, 6.07) is 0. The Bertz CT molecular complexity index is 1340. The molecule has 202 valence electrons. The van der Waals surface area contributed by atoms with Crippen molar-refractivity contribution in [2.75, 3.05) is 13.2 Å². The summed E-state index contributed by atoms with van der Waals surface area (Å²) in [6.07, 6.45) is 5.81. The lowest BCUT2D eigenvalue weighted by Crippen LogP contribution is -2.25. The molecule has 0 spiro atoms. The second-order valence-electron chi connectivity index (χ2n) is 10.2. The number of aryl methyl sites for hydroxylation is 1. The SMILES string of the molecule is C=C(C)C(=O)OCCOC(=O)C1=C(C)/C(=C2\C(=O)C(c3[nH]c(C)c(CC)c3C)=C2O)N=C1C1CCCCC1. The van der Waals surface area contributed by atoms with E-state index in [1.54, 1.807) is 13.8 Å². The van der Waals surface area contributed by atoms with E-state index in [0.717, 1.165) is 55.3 Å². The number of rotatable bonds is 8. The quantitative estimate of drug-likeness (QED) is 0.272. The maximum Gasteiger partial charge on any atom is 0.340 e. The fourth-order valence-electron chi connectivity index (χ4n) is 5.63. The van der Waals surface area contributed by atoms with E-state index in [1.165, 1.54) is 0 Å². The highest BCUT2D eigenvalue weighted by Crippen LogP contribution is 2.44. The summed E-state index contributed by atoms with van der Waals surface area (Å²) in [5, 5.41) is 11.1. The van der Waals surface area contributed by atoms with Crippen LogP contribution in [0.4, 0.5) is 0 Å². The third-order valence-electron chi connectivity index (χ3n) is 7.67. The van der Waals surface area contributed by atoms with Crippen molar-refractivity contribution in [2.24, 2.45) is 10.9 Å². The number of Topliss-reactive ketones (excluding diaryl/α,β-unsaturated/α-hetero) is 1. The Labute approximate surface area is 223 Å². The molecule has 1 aromatic heterocycles. The minimum absolute atomic E-state index is 0.0711. The van der Waals surface area contributed by atoms with Gasteiger partial charge in [0.15, 0.2) is 0 Å². The number of carbonyl (C=O) groups is 3. The van der Waals surface area contributed by atoms with Crippen molar-refractivity contribution < 1.29 is 29.0 Å². The molecule has 8 heteroatoms. The van der Waals surface area contributed by atoms with Crippen LogP contribution in [-0.4, -0.2) is 46.7 Å². The summed E-state index contributed by atoms with van der Waals surface area (Å²) < 4.78 is 10.5. The van der Waals surface area contributed by atoms with Gasteiger partial charge in [-0.05, 0) is 63.7 Å². The van der Waals surface area contributed by atoms with Crippen LogP contribution in [0.2, 0.25) is 0 Å². The molecule has 2 aliphatic carbocycles. The van der Waals surface area contributed by atoms with E-state index >= 15 is 0 Å². The number of ether oxygens (including phenoxy) is 2. The smallest absolute Gasteiger partial charge is 0.340 e. The van der Waals surface area contributed by atoms with Crippen LogP contribution in [0.3, 0.4) is 0 Å². The molecule has 4 rings (SSSR count). The van der Waals surface area contributed by atoms with Gasteiger partial charge >= 0.3 is 11.9 Å². The Balaban J connectivity index is 1.68. The Morgan fingerprint density at radius 1 is 1.08 bits per heavy atom. The number of carbonyl (C=O) groups excluding carboxylic acids is 3. The van der Waals surface area contributed by atoms with E-state index in [0.29, 0.717) is 28.2 Å². The zero-order valence-corrected chi connectivity index (χ0v) is 22.9. The van der Waals surface area contributed by atoms with Crippen LogP contribution >= 0.6 is 0 Å².